The first-order valence-corrected chi connectivity index (χ1v) is 7.93. The SMILES string of the molecule is CNc1ccc(Cl)c(COc2ccc(Br)cc2C(C)C)n1. The van der Waals surface area contributed by atoms with Crippen molar-refractivity contribution in [2.75, 3.05) is 12.4 Å². The smallest absolute Gasteiger partial charge is 0.132 e. The van der Waals surface area contributed by atoms with Crippen LogP contribution in [-0.4, -0.2) is 12.0 Å². The van der Waals surface area contributed by atoms with Crippen LogP contribution in [0.3, 0.4) is 0 Å². The van der Waals surface area contributed by atoms with Gasteiger partial charge in [0.05, 0.1) is 10.7 Å². The lowest BCUT2D eigenvalue weighted by atomic mass is 10.0. The lowest BCUT2D eigenvalue weighted by Crippen LogP contribution is -2.04. The lowest BCUT2D eigenvalue weighted by Gasteiger charge is -2.15. The molecule has 0 saturated carbocycles. The Labute approximate surface area is 138 Å². The summed E-state index contributed by atoms with van der Waals surface area (Å²) in [6.07, 6.45) is 0. The number of hydrogen-bond acceptors (Lipinski definition) is 3. The van der Waals surface area contributed by atoms with Crippen LogP contribution in [0, 0.1) is 0 Å². The molecule has 5 heteroatoms. The first kappa shape index (κ1) is 16.1. The third kappa shape index (κ3) is 4.11. The number of pyridine rings is 1. The van der Waals surface area contributed by atoms with Crippen molar-refractivity contribution in [3.8, 4) is 5.75 Å². The Hall–Kier alpha value is -1.26. The number of rotatable bonds is 5. The normalized spacial score (nSPS) is 10.8. The van der Waals surface area contributed by atoms with Gasteiger partial charge < -0.3 is 10.1 Å². The molecular weight excluding hydrogens is 352 g/mol. The van der Waals surface area contributed by atoms with Crippen molar-refractivity contribution in [3.05, 3.63) is 51.1 Å². The number of hydrogen-bond donors (Lipinski definition) is 1. The molecule has 0 spiro atoms. The van der Waals surface area contributed by atoms with Gasteiger partial charge in [0.2, 0.25) is 0 Å². The maximum Gasteiger partial charge on any atom is 0.132 e. The molecule has 2 rings (SSSR count). The highest BCUT2D eigenvalue weighted by Gasteiger charge is 2.10. The number of anilines is 1. The fourth-order valence-electron chi connectivity index (χ4n) is 1.97. The monoisotopic (exact) mass is 368 g/mol. The molecule has 0 radical (unpaired) electrons. The van der Waals surface area contributed by atoms with Crippen LogP contribution >= 0.6 is 27.5 Å². The number of nitrogens with zero attached hydrogens (tertiary/aromatic N) is 1. The Morgan fingerprint density at radius 2 is 2.05 bits per heavy atom. The molecule has 0 amide bonds. The topological polar surface area (TPSA) is 34.1 Å². The van der Waals surface area contributed by atoms with Crippen LogP contribution < -0.4 is 10.1 Å². The van der Waals surface area contributed by atoms with Crippen LogP contribution in [0.2, 0.25) is 5.02 Å². The van der Waals surface area contributed by atoms with Crippen molar-refractivity contribution in [2.45, 2.75) is 26.4 Å². The first-order valence-electron chi connectivity index (χ1n) is 6.76. The van der Waals surface area contributed by atoms with E-state index < -0.39 is 0 Å². The predicted molar refractivity (Wildman–Crippen MR) is 91.4 cm³/mol. The van der Waals surface area contributed by atoms with E-state index in [0.717, 1.165) is 27.3 Å². The van der Waals surface area contributed by atoms with E-state index in [4.69, 9.17) is 16.3 Å². The summed E-state index contributed by atoms with van der Waals surface area (Å²) in [7, 11) is 1.83. The summed E-state index contributed by atoms with van der Waals surface area (Å²) >= 11 is 9.66. The molecule has 0 fully saturated rings. The number of halogens is 2. The Balaban J connectivity index is 2.20. The molecule has 0 aliphatic heterocycles. The third-order valence-corrected chi connectivity index (χ3v) is 3.97. The van der Waals surface area contributed by atoms with Gasteiger partial charge in [-0.25, -0.2) is 4.98 Å². The van der Waals surface area contributed by atoms with Crippen LogP contribution in [0.4, 0.5) is 5.82 Å². The Bertz CT molecular complexity index is 632. The Morgan fingerprint density at radius 3 is 2.71 bits per heavy atom. The van der Waals surface area contributed by atoms with Crippen LogP contribution in [-0.2, 0) is 6.61 Å². The minimum absolute atomic E-state index is 0.343. The fraction of sp³-hybridized carbons (Fsp3) is 0.312. The molecule has 3 nitrogen and oxygen atoms in total. The second-order valence-electron chi connectivity index (χ2n) is 5.00. The maximum atomic E-state index is 6.17. The van der Waals surface area contributed by atoms with Crippen molar-refractivity contribution in [1.29, 1.82) is 0 Å². The summed E-state index contributed by atoms with van der Waals surface area (Å²) in [6, 6.07) is 9.68. The first-order chi connectivity index (χ1) is 10.0. The van der Waals surface area contributed by atoms with Gasteiger partial charge in [-0.2, -0.15) is 0 Å². The molecule has 0 atom stereocenters. The number of ether oxygens (including phenoxy) is 1. The van der Waals surface area contributed by atoms with E-state index in [1.165, 1.54) is 0 Å². The summed E-state index contributed by atoms with van der Waals surface area (Å²) in [6.45, 7) is 4.62. The van der Waals surface area contributed by atoms with Gasteiger partial charge in [-0.1, -0.05) is 41.4 Å². The molecule has 2 aromatic rings. The molecule has 0 bridgehead atoms. The average molecular weight is 370 g/mol. The molecule has 21 heavy (non-hydrogen) atoms. The highest BCUT2D eigenvalue weighted by Crippen LogP contribution is 2.30. The van der Waals surface area contributed by atoms with Crippen LogP contribution in [0.1, 0.15) is 31.0 Å². The minimum atomic E-state index is 0.343. The summed E-state index contributed by atoms with van der Waals surface area (Å²) < 4.78 is 6.97. The van der Waals surface area contributed by atoms with Crippen molar-refractivity contribution in [3.63, 3.8) is 0 Å². The molecule has 0 aliphatic rings. The zero-order valence-electron chi connectivity index (χ0n) is 12.3. The second kappa shape index (κ2) is 7.14. The number of aromatic nitrogens is 1. The van der Waals surface area contributed by atoms with Crippen LogP contribution in [0.15, 0.2) is 34.8 Å². The Morgan fingerprint density at radius 1 is 1.29 bits per heavy atom. The van der Waals surface area contributed by atoms with E-state index in [2.05, 4.69) is 46.1 Å². The lowest BCUT2D eigenvalue weighted by molar-refractivity contribution is 0.297. The van der Waals surface area contributed by atoms with E-state index in [-0.39, 0.29) is 0 Å². The molecule has 0 unspecified atom stereocenters. The van der Waals surface area contributed by atoms with Crippen molar-refractivity contribution >= 4 is 33.3 Å². The van der Waals surface area contributed by atoms with Crippen LogP contribution in [0.5, 0.6) is 5.75 Å². The van der Waals surface area contributed by atoms with E-state index in [1.807, 2.05) is 31.3 Å². The average Bonchev–Trinajstić information content (AvgIpc) is 2.47. The van der Waals surface area contributed by atoms with Crippen molar-refractivity contribution < 1.29 is 4.74 Å². The minimum Gasteiger partial charge on any atom is -0.487 e. The molecule has 0 aliphatic carbocycles. The van der Waals surface area contributed by atoms with E-state index >= 15 is 0 Å². The van der Waals surface area contributed by atoms with Gasteiger partial charge in [0.15, 0.2) is 0 Å². The number of benzene rings is 1. The van der Waals surface area contributed by atoms with Gasteiger partial charge >= 0.3 is 0 Å². The van der Waals surface area contributed by atoms with Crippen molar-refractivity contribution in [1.82, 2.24) is 4.98 Å². The van der Waals surface area contributed by atoms with E-state index in [0.29, 0.717) is 17.5 Å². The molecule has 1 heterocycles. The summed E-state index contributed by atoms with van der Waals surface area (Å²) in [5.41, 5.74) is 1.88. The highest BCUT2D eigenvalue weighted by atomic mass is 79.9. The predicted octanol–water partition coefficient (Wildman–Crippen LogP) is 5.24. The standard InChI is InChI=1S/C16H18BrClN2O/c1-10(2)12-8-11(17)4-6-15(12)21-9-14-13(18)5-7-16(19-3)20-14/h4-8,10H,9H2,1-3H3,(H,19,20). The van der Waals surface area contributed by atoms with Gasteiger partial charge in [0.25, 0.3) is 0 Å². The third-order valence-electron chi connectivity index (χ3n) is 3.13. The van der Waals surface area contributed by atoms with Gasteiger partial charge in [0, 0.05) is 11.5 Å². The highest BCUT2D eigenvalue weighted by molar-refractivity contribution is 9.10. The molecule has 112 valence electrons. The van der Waals surface area contributed by atoms with E-state index in [9.17, 15) is 0 Å². The van der Waals surface area contributed by atoms with Gasteiger partial charge in [-0.15, -0.1) is 0 Å². The molecule has 1 N–H and O–H groups in total. The quantitative estimate of drug-likeness (QED) is 0.782. The zero-order chi connectivity index (χ0) is 15.4. The summed E-state index contributed by atoms with van der Waals surface area (Å²) in [4.78, 5) is 4.42. The van der Waals surface area contributed by atoms with Gasteiger partial charge in [-0.05, 0) is 41.8 Å². The van der Waals surface area contributed by atoms with Gasteiger partial charge in [0.1, 0.15) is 18.2 Å². The van der Waals surface area contributed by atoms with Gasteiger partial charge in [-0.3, -0.25) is 0 Å². The van der Waals surface area contributed by atoms with Crippen molar-refractivity contribution in [2.24, 2.45) is 0 Å². The fourth-order valence-corrected chi connectivity index (χ4v) is 2.51. The zero-order valence-corrected chi connectivity index (χ0v) is 14.6. The maximum absolute atomic E-state index is 6.17. The van der Waals surface area contributed by atoms with E-state index in [1.54, 1.807) is 0 Å². The summed E-state index contributed by atoms with van der Waals surface area (Å²) in [5.74, 6) is 2.02. The van der Waals surface area contributed by atoms with Crippen LogP contribution in [0.25, 0.3) is 0 Å². The molecule has 1 aromatic carbocycles. The molecule has 0 saturated heterocycles. The second-order valence-corrected chi connectivity index (χ2v) is 6.32. The molecule has 1 aromatic heterocycles. The summed E-state index contributed by atoms with van der Waals surface area (Å²) in [5, 5.41) is 3.61. The number of nitrogens with one attached hydrogen (secondary N) is 1. The Kier molecular flexibility index (Phi) is 5.48. The largest absolute Gasteiger partial charge is 0.487 e. The molecular formula is C16H18BrClN2O.